The molecule has 1 fully saturated rings. The van der Waals surface area contributed by atoms with Gasteiger partial charge in [0.05, 0.1) is 5.57 Å². The molecule has 152 valence electrons. The number of ether oxygens (including phenoxy) is 2. The summed E-state index contributed by atoms with van der Waals surface area (Å²) in [5.74, 6) is 0.0994. The molecule has 0 spiro atoms. The van der Waals surface area contributed by atoms with Crippen LogP contribution in [0.15, 0.2) is 51.9 Å². The summed E-state index contributed by atoms with van der Waals surface area (Å²) in [6.45, 7) is 2.59. The van der Waals surface area contributed by atoms with E-state index in [1.54, 1.807) is 48.8 Å². The molecule has 1 saturated heterocycles. The number of nitrogens with zero attached hydrogens (tertiary/aromatic N) is 2. The molecule has 1 N–H and O–H groups in total. The first-order valence-corrected chi connectivity index (χ1v) is 10.1. The van der Waals surface area contributed by atoms with Gasteiger partial charge in [0.15, 0.2) is 16.6 Å². The fraction of sp³-hybridized carbons (Fsp3) is 0.190. The van der Waals surface area contributed by atoms with Crippen LogP contribution in [0.3, 0.4) is 0 Å². The third-order valence-electron chi connectivity index (χ3n) is 4.92. The van der Waals surface area contributed by atoms with Gasteiger partial charge in [0.25, 0.3) is 5.78 Å². The molecule has 1 amide bonds. The summed E-state index contributed by atoms with van der Waals surface area (Å²) in [7, 11) is 0. The van der Waals surface area contributed by atoms with Crippen molar-refractivity contribution in [2.45, 2.75) is 13.0 Å². The fourth-order valence-electron chi connectivity index (χ4n) is 3.58. The molecule has 0 radical (unpaired) electrons. The Morgan fingerprint density at radius 3 is 2.67 bits per heavy atom. The Kier molecular flexibility index (Phi) is 4.32. The molecule has 4 heterocycles. The number of aliphatic hydroxyl groups excluding tert-OH is 1. The quantitative estimate of drug-likeness (QED) is 0.390. The number of aliphatic hydroxyl groups is 1. The first-order chi connectivity index (χ1) is 14.5. The van der Waals surface area contributed by atoms with Crippen LogP contribution < -0.4 is 14.4 Å². The number of ketones is 1. The van der Waals surface area contributed by atoms with Crippen LogP contribution >= 0.6 is 11.3 Å². The number of benzene rings is 1. The fourth-order valence-corrected chi connectivity index (χ4v) is 4.25. The SMILES string of the molecule is Cc1ccc(C2C(=C(O)c3ccc4c(c3)OCCO4)C(=O)C(=O)N2c2nccs2)o1. The average molecular weight is 424 g/mol. The number of hydrogen-bond acceptors (Lipinski definition) is 8. The standard InChI is InChI=1S/C21H16N2O6S/c1-11-2-4-14(29-11)17-16(19(25)20(26)23(17)21-22-6-9-30-21)18(24)12-3-5-13-15(10-12)28-8-7-27-13/h2-6,9-10,17,24H,7-8H2,1H3. The molecule has 3 aromatic rings. The van der Waals surface area contributed by atoms with Crippen molar-refractivity contribution in [3.8, 4) is 11.5 Å². The first kappa shape index (κ1) is 18.4. The zero-order valence-corrected chi connectivity index (χ0v) is 16.6. The highest BCUT2D eigenvalue weighted by atomic mass is 32.1. The molecule has 0 saturated carbocycles. The molecule has 1 unspecified atom stereocenters. The highest BCUT2D eigenvalue weighted by molar-refractivity contribution is 7.14. The summed E-state index contributed by atoms with van der Waals surface area (Å²) in [6, 6.07) is 7.35. The minimum absolute atomic E-state index is 0.0683. The molecule has 2 aromatic heterocycles. The van der Waals surface area contributed by atoms with Crippen molar-refractivity contribution >= 4 is 33.9 Å². The third-order valence-corrected chi connectivity index (χ3v) is 5.69. The van der Waals surface area contributed by atoms with E-state index in [9.17, 15) is 14.7 Å². The Labute approximate surface area is 175 Å². The molecule has 9 heteroatoms. The van der Waals surface area contributed by atoms with Gasteiger partial charge < -0.3 is 19.0 Å². The minimum Gasteiger partial charge on any atom is -0.507 e. The van der Waals surface area contributed by atoms with E-state index < -0.39 is 17.7 Å². The van der Waals surface area contributed by atoms with Crippen molar-refractivity contribution in [3.63, 3.8) is 0 Å². The van der Waals surface area contributed by atoms with E-state index in [4.69, 9.17) is 13.9 Å². The van der Waals surface area contributed by atoms with Crippen molar-refractivity contribution in [1.29, 1.82) is 0 Å². The Balaban J connectivity index is 1.68. The minimum atomic E-state index is -0.932. The summed E-state index contributed by atoms with van der Waals surface area (Å²) in [5.41, 5.74) is 0.269. The van der Waals surface area contributed by atoms with Crippen LogP contribution in [-0.4, -0.2) is 35.0 Å². The normalized spacial score (nSPS) is 20.0. The van der Waals surface area contributed by atoms with E-state index in [0.717, 1.165) is 0 Å². The second kappa shape index (κ2) is 7.03. The van der Waals surface area contributed by atoms with E-state index in [-0.39, 0.29) is 11.3 Å². The summed E-state index contributed by atoms with van der Waals surface area (Å²) in [4.78, 5) is 31.3. The number of carbonyl (C=O) groups is 2. The molecule has 1 aromatic carbocycles. The second-order valence-electron chi connectivity index (χ2n) is 6.79. The van der Waals surface area contributed by atoms with Crippen molar-refractivity contribution in [1.82, 2.24) is 4.98 Å². The molecule has 30 heavy (non-hydrogen) atoms. The van der Waals surface area contributed by atoms with Crippen molar-refractivity contribution in [2.75, 3.05) is 18.1 Å². The maximum Gasteiger partial charge on any atom is 0.302 e. The predicted octanol–water partition coefficient (Wildman–Crippen LogP) is 3.44. The largest absolute Gasteiger partial charge is 0.507 e. The Morgan fingerprint density at radius 2 is 1.97 bits per heavy atom. The second-order valence-corrected chi connectivity index (χ2v) is 7.66. The highest BCUT2D eigenvalue weighted by Gasteiger charge is 2.49. The summed E-state index contributed by atoms with van der Waals surface area (Å²) in [5, 5.41) is 13.1. The molecular formula is C21H16N2O6S. The van der Waals surface area contributed by atoms with Gasteiger partial charge in [0, 0.05) is 17.1 Å². The smallest absolute Gasteiger partial charge is 0.302 e. The van der Waals surface area contributed by atoms with Crippen LogP contribution in [0.5, 0.6) is 11.5 Å². The molecule has 0 bridgehead atoms. The number of furan rings is 1. The molecule has 2 aliphatic heterocycles. The van der Waals surface area contributed by atoms with Crippen molar-refractivity contribution in [2.24, 2.45) is 0 Å². The Bertz CT molecular complexity index is 1180. The Hall–Kier alpha value is -3.59. The maximum atomic E-state index is 13.0. The van der Waals surface area contributed by atoms with Gasteiger partial charge >= 0.3 is 5.91 Å². The zero-order valence-electron chi connectivity index (χ0n) is 15.8. The van der Waals surface area contributed by atoms with Gasteiger partial charge in [-0.05, 0) is 37.3 Å². The van der Waals surface area contributed by atoms with Crippen LogP contribution in [-0.2, 0) is 9.59 Å². The van der Waals surface area contributed by atoms with Gasteiger partial charge in [-0.3, -0.25) is 14.5 Å². The maximum absolute atomic E-state index is 13.0. The van der Waals surface area contributed by atoms with Crippen LogP contribution in [0.4, 0.5) is 5.13 Å². The number of fused-ring (bicyclic) bond motifs is 1. The number of carbonyl (C=O) groups excluding carboxylic acids is 2. The van der Waals surface area contributed by atoms with Gasteiger partial charge in [0.2, 0.25) is 0 Å². The van der Waals surface area contributed by atoms with Crippen molar-refractivity contribution in [3.05, 3.63) is 64.6 Å². The molecular weight excluding hydrogens is 408 g/mol. The Morgan fingerprint density at radius 1 is 1.17 bits per heavy atom. The molecule has 8 nitrogen and oxygen atoms in total. The topological polar surface area (TPSA) is 102 Å². The number of Topliss-reactive ketones (excluding diaryl/α,β-unsaturated/α-hetero) is 1. The van der Waals surface area contributed by atoms with Gasteiger partial charge in [-0.25, -0.2) is 4.98 Å². The van der Waals surface area contributed by atoms with Gasteiger partial charge in [-0.15, -0.1) is 11.3 Å². The van der Waals surface area contributed by atoms with Crippen LogP contribution in [0.1, 0.15) is 23.1 Å². The molecule has 2 aliphatic rings. The highest BCUT2D eigenvalue weighted by Crippen LogP contribution is 2.44. The predicted molar refractivity (Wildman–Crippen MR) is 108 cm³/mol. The van der Waals surface area contributed by atoms with Gasteiger partial charge in [-0.2, -0.15) is 0 Å². The van der Waals surface area contributed by atoms with Gasteiger partial charge in [0.1, 0.15) is 36.5 Å². The van der Waals surface area contributed by atoms with Crippen LogP contribution in [0.2, 0.25) is 0 Å². The number of thiazole rings is 1. The monoisotopic (exact) mass is 424 g/mol. The average Bonchev–Trinajstić information content (AvgIpc) is 3.48. The molecule has 0 aliphatic carbocycles. The third kappa shape index (κ3) is 2.86. The number of aromatic nitrogens is 1. The van der Waals surface area contributed by atoms with E-state index >= 15 is 0 Å². The lowest BCUT2D eigenvalue weighted by atomic mass is 9.99. The van der Waals surface area contributed by atoms with Crippen LogP contribution in [0.25, 0.3) is 5.76 Å². The number of rotatable bonds is 3. The number of amides is 1. The summed E-state index contributed by atoms with van der Waals surface area (Å²) >= 11 is 1.22. The summed E-state index contributed by atoms with van der Waals surface area (Å²) < 4.78 is 16.8. The lowest BCUT2D eigenvalue weighted by Crippen LogP contribution is -2.29. The van der Waals surface area contributed by atoms with E-state index in [2.05, 4.69) is 4.98 Å². The lowest BCUT2D eigenvalue weighted by Gasteiger charge is -2.21. The van der Waals surface area contributed by atoms with Gasteiger partial charge in [-0.1, -0.05) is 0 Å². The number of anilines is 1. The van der Waals surface area contributed by atoms with E-state index in [0.29, 0.717) is 46.9 Å². The van der Waals surface area contributed by atoms with E-state index in [1.807, 2.05) is 0 Å². The number of aryl methyl sites for hydroxylation is 1. The van der Waals surface area contributed by atoms with E-state index in [1.165, 1.54) is 16.2 Å². The summed E-state index contributed by atoms with van der Waals surface area (Å²) in [6.07, 6.45) is 1.55. The zero-order chi connectivity index (χ0) is 20.8. The number of hydrogen-bond donors (Lipinski definition) is 1. The van der Waals surface area contributed by atoms with Crippen molar-refractivity contribution < 1.29 is 28.6 Å². The first-order valence-electron chi connectivity index (χ1n) is 9.21. The van der Waals surface area contributed by atoms with Crippen LogP contribution in [0, 0.1) is 6.92 Å². The molecule has 1 atom stereocenters. The lowest BCUT2D eigenvalue weighted by molar-refractivity contribution is -0.132. The molecule has 5 rings (SSSR count).